The fourth-order valence-electron chi connectivity index (χ4n) is 3.96. The highest BCUT2D eigenvalue weighted by Crippen LogP contribution is 2.40. The molecular weight excluding hydrogens is 362 g/mol. The first-order valence-electron chi connectivity index (χ1n) is 9.51. The quantitative estimate of drug-likeness (QED) is 0.789. The summed E-state index contributed by atoms with van der Waals surface area (Å²) >= 11 is 0. The van der Waals surface area contributed by atoms with Crippen LogP contribution in [0.2, 0.25) is 0 Å². The van der Waals surface area contributed by atoms with Crippen molar-refractivity contribution >= 4 is 10.0 Å². The summed E-state index contributed by atoms with van der Waals surface area (Å²) in [5, 5.41) is 0. The van der Waals surface area contributed by atoms with Gasteiger partial charge in [0.2, 0.25) is 10.0 Å². The highest BCUT2D eigenvalue weighted by atomic mass is 32.2. The van der Waals surface area contributed by atoms with Crippen molar-refractivity contribution in [2.75, 3.05) is 25.4 Å². The van der Waals surface area contributed by atoms with Gasteiger partial charge in [-0.15, -0.1) is 0 Å². The Kier molecular flexibility index (Phi) is 5.01. The van der Waals surface area contributed by atoms with Crippen molar-refractivity contribution < 1.29 is 13.2 Å². The smallest absolute Gasteiger partial charge is 0.214 e. The lowest BCUT2D eigenvalue weighted by atomic mass is 9.80. The van der Waals surface area contributed by atoms with Crippen LogP contribution in [0.5, 0.6) is 0 Å². The Morgan fingerprint density at radius 2 is 2.07 bits per heavy atom. The van der Waals surface area contributed by atoms with Gasteiger partial charge in [-0.05, 0) is 12.8 Å². The maximum Gasteiger partial charge on any atom is 0.214 e. The van der Waals surface area contributed by atoms with Gasteiger partial charge in [0.1, 0.15) is 0 Å². The summed E-state index contributed by atoms with van der Waals surface area (Å²) in [6.07, 6.45) is 4.13. The van der Waals surface area contributed by atoms with Crippen LogP contribution in [0.25, 0.3) is 11.4 Å². The molecule has 2 aliphatic rings. The second-order valence-corrected chi connectivity index (χ2v) is 9.55. The molecule has 1 unspecified atom stereocenters. The third kappa shape index (κ3) is 3.51. The van der Waals surface area contributed by atoms with E-state index in [2.05, 4.69) is 4.98 Å². The summed E-state index contributed by atoms with van der Waals surface area (Å²) in [6.45, 7) is 3.96. The van der Waals surface area contributed by atoms with Crippen LogP contribution in [0.15, 0.2) is 36.5 Å². The van der Waals surface area contributed by atoms with Gasteiger partial charge in [0.05, 0.1) is 30.1 Å². The SMILES string of the molecule is CCCCS(=O)(=O)N1CCC2(COCc3cnc(-c4ccccc4)nc32)C1. The van der Waals surface area contributed by atoms with E-state index >= 15 is 0 Å². The normalized spacial score (nSPS) is 22.9. The molecule has 6 nitrogen and oxygen atoms in total. The van der Waals surface area contributed by atoms with Gasteiger partial charge in [-0.3, -0.25) is 0 Å². The average Bonchev–Trinajstić information content (AvgIpc) is 3.13. The van der Waals surface area contributed by atoms with E-state index < -0.39 is 10.0 Å². The van der Waals surface area contributed by atoms with Gasteiger partial charge in [0, 0.05) is 30.4 Å². The number of benzene rings is 1. The first-order valence-corrected chi connectivity index (χ1v) is 11.1. The number of ether oxygens (including phenoxy) is 1. The molecule has 0 aliphatic carbocycles. The van der Waals surface area contributed by atoms with Gasteiger partial charge in [-0.2, -0.15) is 0 Å². The minimum atomic E-state index is -3.23. The van der Waals surface area contributed by atoms with Gasteiger partial charge < -0.3 is 4.74 Å². The summed E-state index contributed by atoms with van der Waals surface area (Å²) < 4.78 is 32.8. The summed E-state index contributed by atoms with van der Waals surface area (Å²) in [5.74, 6) is 0.898. The molecule has 1 spiro atoms. The van der Waals surface area contributed by atoms with Crippen LogP contribution in [0, 0.1) is 0 Å². The molecule has 27 heavy (non-hydrogen) atoms. The lowest BCUT2D eigenvalue weighted by molar-refractivity contribution is 0.0532. The number of nitrogens with zero attached hydrogens (tertiary/aromatic N) is 3. The lowest BCUT2D eigenvalue weighted by Gasteiger charge is -2.34. The van der Waals surface area contributed by atoms with Gasteiger partial charge in [0.15, 0.2) is 5.82 Å². The standard InChI is InChI=1S/C20H25N3O3S/c1-2-3-11-27(24,25)23-10-9-20(14-23)15-26-13-17-12-21-19(22-18(17)20)16-7-5-4-6-8-16/h4-8,12H,2-3,9-11,13-15H2,1H3. The molecule has 1 aromatic heterocycles. The van der Waals surface area contributed by atoms with Crippen LogP contribution >= 0.6 is 0 Å². The molecule has 3 heterocycles. The molecular formula is C20H25N3O3S. The van der Waals surface area contributed by atoms with Crippen LogP contribution in [0.3, 0.4) is 0 Å². The third-order valence-corrected chi connectivity index (χ3v) is 7.41. The van der Waals surface area contributed by atoms with Gasteiger partial charge in [-0.1, -0.05) is 43.7 Å². The minimum absolute atomic E-state index is 0.215. The van der Waals surface area contributed by atoms with Gasteiger partial charge in [-0.25, -0.2) is 22.7 Å². The number of sulfonamides is 1. The molecule has 1 atom stereocenters. The fraction of sp³-hybridized carbons (Fsp3) is 0.500. The van der Waals surface area contributed by atoms with E-state index in [-0.39, 0.29) is 11.2 Å². The van der Waals surface area contributed by atoms with Crippen molar-refractivity contribution in [2.45, 2.75) is 38.2 Å². The van der Waals surface area contributed by atoms with Crippen molar-refractivity contribution in [3.63, 3.8) is 0 Å². The summed E-state index contributed by atoms with van der Waals surface area (Å²) in [4.78, 5) is 9.39. The van der Waals surface area contributed by atoms with E-state index in [0.29, 0.717) is 38.5 Å². The first kappa shape index (κ1) is 18.5. The molecule has 0 amide bonds. The maximum absolute atomic E-state index is 12.7. The van der Waals surface area contributed by atoms with Crippen molar-refractivity contribution in [2.24, 2.45) is 0 Å². The Bertz CT molecular complexity index is 917. The zero-order valence-corrected chi connectivity index (χ0v) is 16.4. The molecule has 1 aromatic carbocycles. The molecule has 0 bridgehead atoms. The molecule has 7 heteroatoms. The number of hydrogen-bond acceptors (Lipinski definition) is 5. The van der Waals surface area contributed by atoms with Crippen molar-refractivity contribution in [1.82, 2.24) is 14.3 Å². The molecule has 4 rings (SSSR count). The molecule has 0 saturated carbocycles. The Morgan fingerprint density at radius 1 is 1.26 bits per heavy atom. The minimum Gasteiger partial charge on any atom is -0.376 e. The molecule has 0 radical (unpaired) electrons. The van der Waals surface area contributed by atoms with E-state index in [9.17, 15) is 8.42 Å². The Labute approximate surface area is 160 Å². The zero-order valence-electron chi connectivity index (χ0n) is 15.6. The van der Waals surface area contributed by atoms with E-state index in [1.807, 2.05) is 43.5 Å². The van der Waals surface area contributed by atoms with Gasteiger partial charge >= 0.3 is 0 Å². The van der Waals surface area contributed by atoms with E-state index in [1.165, 1.54) is 0 Å². The Hall–Kier alpha value is -1.83. The summed E-state index contributed by atoms with van der Waals surface area (Å²) in [6, 6.07) is 9.88. The van der Waals surface area contributed by atoms with Crippen LogP contribution < -0.4 is 0 Å². The van der Waals surface area contributed by atoms with Crippen LogP contribution in [0.4, 0.5) is 0 Å². The van der Waals surface area contributed by atoms with Crippen LogP contribution in [-0.4, -0.2) is 48.1 Å². The second-order valence-electron chi connectivity index (χ2n) is 7.46. The molecule has 1 saturated heterocycles. The second kappa shape index (κ2) is 7.30. The Balaban J connectivity index is 1.67. The molecule has 144 valence electrons. The molecule has 2 aromatic rings. The maximum atomic E-state index is 12.7. The van der Waals surface area contributed by atoms with Crippen LogP contribution in [0.1, 0.15) is 37.4 Å². The highest BCUT2D eigenvalue weighted by Gasteiger charge is 2.47. The van der Waals surface area contributed by atoms with Crippen LogP contribution in [-0.2, 0) is 26.8 Å². The molecule has 1 fully saturated rings. The van der Waals surface area contributed by atoms with Crippen molar-refractivity contribution in [3.05, 3.63) is 47.8 Å². The van der Waals surface area contributed by atoms with E-state index in [0.717, 1.165) is 29.7 Å². The largest absolute Gasteiger partial charge is 0.376 e. The van der Waals surface area contributed by atoms with Gasteiger partial charge in [0.25, 0.3) is 0 Å². The lowest BCUT2D eigenvalue weighted by Crippen LogP contribution is -2.42. The zero-order chi connectivity index (χ0) is 18.9. The molecule has 0 N–H and O–H groups in total. The summed E-state index contributed by atoms with van der Waals surface area (Å²) in [7, 11) is -3.23. The topological polar surface area (TPSA) is 72.4 Å². The van der Waals surface area contributed by atoms with Crippen molar-refractivity contribution in [1.29, 1.82) is 0 Å². The first-order chi connectivity index (χ1) is 13.0. The predicted octanol–water partition coefficient (Wildman–Crippen LogP) is 2.75. The monoisotopic (exact) mass is 387 g/mol. The summed E-state index contributed by atoms with van der Waals surface area (Å²) in [5.41, 5.74) is 2.51. The predicted molar refractivity (Wildman–Crippen MR) is 104 cm³/mol. The van der Waals surface area contributed by atoms with E-state index in [4.69, 9.17) is 9.72 Å². The number of unbranched alkanes of at least 4 members (excludes halogenated alkanes) is 1. The number of aromatic nitrogens is 2. The number of hydrogen-bond donors (Lipinski definition) is 0. The number of fused-ring (bicyclic) bond motifs is 2. The average molecular weight is 388 g/mol. The number of rotatable bonds is 5. The highest BCUT2D eigenvalue weighted by molar-refractivity contribution is 7.89. The Morgan fingerprint density at radius 3 is 2.85 bits per heavy atom. The van der Waals surface area contributed by atoms with E-state index in [1.54, 1.807) is 4.31 Å². The van der Waals surface area contributed by atoms with Crippen molar-refractivity contribution in [3.8, 4) is 11.4 Å². The molecule has 2 aliphatic heterocycles. The fourth-order valence-corrected chi connectivity index (χ4v) is 5.69. The third-order valence-electron chi connectivity index (χ3n) is 5.50.